The number of benzene rings is 2. The molecule has 1 N–H and O–H groups in total. The molecule has 0 saturated heterocycles. The maximum atomic E-state index is 11.9. The number of aryl methyl sites for hydroxylation is 1. The first kappa shape index (κ1) is 14.8. The fraction of sp³-hybridized carbons (Fsp3) is 0.188. The number of hydrogen-bond donors (Lipinski definition) is 1. The molecule has 0 aromatic heterocycles. The first-order valence-electron chi connectivity index (χ1n) is 6.31. The van der Waals surface area contributed by atoms with Crippen molar-refractivity contribution in [3.63, 3.8) is 0 Å². The minimum absolute atomic E-state index is 0.00919. The smallest absolute Gasteiger partial charge is 0.262 e. The molecule has 0 unspecified atom stereocenters. The number of amides is 1. The molecule has 0 saturated carbocycles. The van der Waals surface area contributed by atoms with Crippen LogP contribution in [0, 0.1) is 17.4 Å². The van der Waals surface area contributed by atoms with Crippen LogP contribution in [0.3, 0.4) is 0 Å². The van der Waals surface area contributed by atoms with Gasteiger partial charge in [0.15, 0.2) is 6.61 Å². The zero-order valence-electron chi connectivity index (χ0n) is 11.4. The predicted octanol–water partition coefficient (Wildman–Crippen LogP) is 3.93. The standard InChI is InChI=1S/C16H16INO2/c1-11-6-5-9-15(12(11)2)20-10-16(19)18-14-8-4-3-7-13(14)17/h3-9H,10H2,1-2H3,(H,18,19). The Morgan fingerprint density at radius 1 is 1.15 bits per heavy atom. The van der Waals surface area contributed by atoms with Crippen molar-refractivity contribution >= 4 is 34.2 Å². The van der Waals surface area contributed by atoms with Crippen molar-refractivity contribution in [1.29, 1.82) is 0 Å². The Labute approximate surface area is 132 Å². The number of carbonyl (C=O) groups excluding carboxylic acids is 1. The van der Waals surface area contributed by atoms with Crippen LogP contribution in [-0.2, 0) is 4.79 Å². The summed E-state index contributed by atoms with van der Waals surface area (Å²) in [7, 11) is 0. The van der Waals surface area contributed by atoms with Gasteiger partial charge in [0.05, 0.1) is 5.69 Å². The highest BCUT2D eigenvalue weighted by Gasteiger charge is 2.07. The minimum Gasteiger partial charge on any atom is -0.483 e. The normalized spacial score (nSPS) is 10.2. The highest BCUT2D eigenvalue weighted by atomic mass is 127. The van der Waals surface area contributed by atoms with E-state index >= 15 is 0 Å². The average Bonchev–Trinajstić information content (AvgIpc) is 2.43. The number of ether oxygens (including phenoxy) is 1. The van der Waals surface area contributed by atoms with E-state index in [1.165, 1.54) is 0 Å². The number of carbonyl (C=O) groups is 1. The van der Waals surface area contributed by atoms with E-state index in [-0.39, 0.29) is 12.5 Å². The average molecular weight is 381 g/mol. The molecule has 0 bridgehead atoms. The van der Waals surface area contributed by atoms with Crippen LogP contribution in [0.25, 0.3) is 0 Å². The van der Waals surface area contributed by atoms with E-state index in [2.05, 4.69) is 27.9 Å². The molecule has 0 radical (unpaired) electrons. The van der Waals surface area contributed by atoms with Crippen LogP contribution in [0.4, 0.5) is 5.69 Å². The fourth-order valence-corrected chi connectivity index (χ4v) is 2.29. The second-order valence-electron chi connectivity index (χ2n) is 4.51. The minimum atomic E-state index is -0.157. The fourth-order valence-electron chi connectivity index (χ4n) is 1.77. The Morgan fingerprint density at radius 3 is 2.65 bits per heavy atom. The zero-order valence-corrected chi connectivity index (χ0v) is 13.6. The maximum Gasteiger partial charge on any atom is 0.262 e. The van der Waals surface area contributed by atoms with Gasteiger partial charge in [0.2, 0.25) is 0 Å². The molecule has 0 heterocycles. The van der Waals surface area contributed by atoms with E-state index < -0.39 is 0 Å². The molecule has 0 aliphatic carbocycles. The largest absolute Gasteiger partial charge is 0.483 e. The Balaban J connectivity index is 1.96. The zero-order chi connectivity index (χ0) is 14.5. The van der Waals surface area contributed by atoms with Gasteiger partial charge in [0.1, 0.15) is 5.75 Å². The Kier molecular flexibility index (Phi) is 5.00. The van der Waals surface area contributed by atoms with E-state index in [4.69, 9.17) is 4.74 Å². The summed E-state index contributed by atoms with van der Waals surface area (Å²) in [5, 5.41) is 2.84. The van der Waals surface area contributed by atoms with Crippen LogP contribution in [0.15, 0.2) is 42.5 Å². The van der Waals surface area contributed by atoms with Crippen LogP contribution >= 0.6 is 22.6 Å². The lowest BCUT2D eigenvalue weighted by Crippen LogP contribution is -2.20. The molecule has 104 valence electrons. The summed E-state index contributed by atoms with van der Waals surface area (Å²) in [5.41, 5.74) is 3.03. The molecule has 2 aromatic carbocycles. The van der Waals surface area contributed by atoms with E-state index in [1.54, 1.807) is 0 Å². The summed E-state index contributed by atoms with van der Waals surface area (Å²) in [6, 6.07) is 13.5. The molecule has 2 rings (SSSR count). The van der Waals surface area contributed by atoms with Gasteiger partial charge in [-0.05, 0) is 65.8 Å². The monoisotopic (exact) mass is 381 g/mol. The second kappa shape index (κ2) is 6.74. The Hall–Kier alpha value is -1.56. The van der Waals surface area contributed by atoms with Gasteiger partial charge in [-0.15, -0.1) is 0 Å². The van der Waals surface area contributed by atoms with Crippen LogP contribution < -0.4 is 10.1 Å². The first-order valence-corrected chi connectivity index (χ1v) is 7.39. The number of rotatable bonds is 4. The van der Waals surface area contributed by atoms with Crippen molar-refractivity contribution < 1.29 is 9.53 Å². The van der Waals surface area contributed by atoms with Crippen molar-refractivity contribution in [3.05, 3.63) is 57.2 Å². The SMILES string of the molecule is Cc1cccc(OCC(=O)Nc2ccccc2I)c1C. The van der Waals surface area contributed by atoms with Gasteiger partial charge in [0, 0.05) is 3.57 Å². The molecule has 4 heteroatoms. The summed E-state index contributed by atoms with van der Waals surface area (Å²) in [6.07, 6.45) is 0. The quantitative estimate of drug-likeness (QED) is 0.816. The molecule has 0 aliphatic rings. The molecule has 3 nitrogen and oxygen atoms in total. The number of anilines is 1. The molecule has 1 amide bonds. The number of nitrogens with one attached hydrogen (secondary N) is 1. The highest BCUT2D eigenvalue weighted by molar-refractivity contribution is 14.1. The molecule has 0 fully saturated rings. The van der Waals surface area contributed by atoms with Crippen molar-refractivity contribution in [2.24, 2.45) is 0 Å². The summed E-state index contributed by atoms with van der Waals surface area (Å²) >= 11 is 2.19. The molecule has 0 spiro atoms. The van der Waals surface area contributed by atoms with Crippen molar-refractivity contribution in [3.8, 4) is 5.75 Å². The van der Waals surface area contributed by atoms with Gasteiger partial charge in [-0.2, -0.15) is 0 Å². The predicted molar refractivity (Wildman–Crippen MR) is 89.2 cm³/mol. The van der Waals surface area contributed by atoms with Gasteiger partial charge in [-0.25, -0.2) is 0 Å². The van der Waals surface area contributed by atoms with Crippen molar-refractivity contribution in [1.82, 2.24) is 0 Å². The second-order valence-corrected chi connectivity index (χ2v) is 5.68. The lowest BCUT2D eigenvalue weighted by molar-refractivity contribution is -0.118. The van der Waals surface area contributed by atoms with Gasteiger partial charge in [0.25, 0.3) is 5.91 Å². The van der Waals surface area contributed by atoms with Crippen molar-refractivity contribution in [2.45, 2.75) is 13.8 Å². The van der Waals surface area contributed by atoms with Crippen LogP contribution in [0.1, 0.15) is 11.1 Å². The molecule has 0 atom stereocenters. The third-order valence-electron chi connectivity index (χ3n) is 3.06. The van der Waals surface area contributed by atoms with Crippen molar-refractivity contribution in [2.75, 3.05) is 11.9 Å². The van der Waals surface area contributed by atoms with Crippen LogP contribution in [0.5, 0.6) is 5.75 Å². The molecule has 20 heavy (non-hydrogen) atoms. The van der Waals surface area contributed by atoms with E-state index in [1.807, 2.05) is 56.3 Å². The molecule has 0 aliphatic heterocycles. The van der Waals surface area contributed by atoms with Gasteiger partial charge in [-0.1, -0.05) is 24.3 Å². The van der Waals surface area contributed by atoms with Crippen LogP contribution in [0.2, 0.25) is 0 Å². The number of halogens is 1. The van der Waals surface area contributed by atoms with Gasteiger partial charge >= 0.3 is 0 Å². The summed E-state index contributed by atoms with van der Waals surface area (Å²) < 4.78 is 6.58. The molecular formula is C16H16INO2. The highest BCUT2D eigenvalue weighted by Crippen LogP contribution is 2.21. The van der Waals surface area contributed by atoms with Crippen LogP contribution in [-0.4, -0.2) is 12.5 Å². The van der Waals surface area contributed by atoms with E-state index in [9.17, 15) is 4.79 Å². The lowest BCUT2D eigenvalue weighted by Gasteiger charge is -2.11. The summed E-state index contributed by atoms with van der Waals surface area (Å²) in [6.45, 7) is 4.02. The topological polar surface area (TPSA) is 38.3 Å². The maximum absolute atomic E-state index is 11.9. The van der Waals surface area contributed by atoms with Gasteiger partial charge < -0.3 is 10.1 Å². The van der Waals surface area contributed by atoms with Gasteiger partial charge in [-0.3, -0.25) is 4.79 Å². The van der Waals surface area contributed by atoms with E-state index in [0.29, 0.717) is 0 Å². The Bertz CT molecular complexity index is 626. The molecule has 2 aromatic rings. The summed E-state index contributed by atoms with van der Waals surface area (Å²) in [4.78, 5) is 11.9. The third kappa shape index (κ3) is 3.72. The Morgan fingerprint density at radius 2 is 1.90 bits per heavy atom. The van der Waals surface area contributed by atoms with E-state index in [0.717, 1.165) is 26.1 Å². The summed E-state index contributed by atoms with van der Waals surface area (Å²) in [5.74, 6) is 0.595. The lowest BCUT2D eigenvalue weighted by atomic mass is 10.1. The molecular weight excluding hydrogens is 365 g/mol. The third-order valence-corrected chi connectivity index (χ3v) is 4.00. The number of para-hydroxylation sites is 1. The first-order chi connectivity index (χ1) is 9.58. The number of hydrogen-bond acceptors (Lipinski definition) is 2.